The number of carbonyl (C=O) groups is 1. The second kappa shape index (κ2) is 5.64. The van der Waals surface area contributed by atoms with Crippen LogP contribution >= 0.6 is 15.9 Å². The number of ether oxygens (including phenoxy) is 2. The van der Waals surface area contributed by atoms with Crippen LogP contribution in [0.25, 0.3) is 0 Å². The second-order valence-corrected chi connectivity index (χ2v) is 5.66. The van der Waals surface area contributed by atoms with E-state index in [4.69, 9.17) is 13.9 Å². The number of likely N-dealkylation sites (tertiary alicyclic amines) is 1. The van der Waals surface area contributed by atoms with Crippen LogP contribution in [0.15, 0.2) is 21.4 Å². The van der Waals surface area contributed by atoms with Crippen LogP contribution in [-0.4, -0.2) is 43.4 Å². The Hall–Kier alpha value is -0.850. The third kappa shape index (κ3) is 2.85. The molecule has 0 aromatic carbocycles. The van der Waals surface area contributed by atoms with Gasteiger partial charge in [0, 0.05) is 25.1 Å². The smallest absolute Gasteiger partial charge is 0.257 e. The molecule has 6 heteroatoms. The molecule has 1 amide bonds. The molecule has 0 spiro atoms. The molecule has 0 atom stereocenters. The third-order valence-corrected chi connectivity index (χ3v) is 4.09. The predicted octanol–water partition coefficient (Wildman–Crippen LogP) is 2.27. The Bertz CT molecular complexity index is 447. The zero-order chi connectivity index (χ0) is 13.2. The van der Waals surface area contributed by atoms with Crippen LogP contribution < -0.4 is 0 Å². The molecule has 0 N–H and O–H groups in total. The maximum absolute atomic E-state index is 12.2. The van der Waals surface area contributed by atoms with Crippen molar-refractivity contribution in [1.82, 2.24) is 4.90 Å². The molecule has 5 nitrogen and oxygen atoms in total. The van der Waals surface area contributed by atoms with Crippen LogP contribution in [-0.2, 0) is 9.47 Å². The lowest BCUT2D eigenvalue weighted by Crippen LogP contribution is -2.41. The van der Waals surface area contributed by atoms with Crippen molar-refractivity contribution >= 4 is 21.8 Å². The quantitative estimate of drug-likeness (QED) is 0.835. The van der Waals surface area contributed by atoms with Gasteiger partial charge < -0.3 is 18.8 Å². The fourth-order valence-electron chi connectivity index (χ4n) is 2.63. The van der Waals surface area contributed by atoms with E-state index in [0.717, 1.165) is 25.9 Å². The lowest BCUT2D eigenvalue weighted by molar-refractivity contribution is -0.0956. The summed E-state index contributed by atoms with van der Waals surface area (Å²) in [6, 6.07) is 1.71. The van der Waals surface area contributed by atoms with Gasteiger partial charge in [0.05, 0.1) is 18.8 Å². The maximum Gasteiger partial charge on any atom is 0.257 e. The van der Waals surface area contributed by atoms with Gasteiger partial charge in [0.1, 0.15) is 6.26 Å². The molecule has 0 radical (unpaired) electrons. The Labute approximate surface area is 120 Å². The number of piperidine rings is 1. The molecule has 0 aliphatic carbocycles. The van der Waals surface area contributed by atoms with Gasteiger partial charge in [-0.2, -0.15) is 0 Å². The van der Waals surface area contributed by atoms with Gasteiger partial charge in [0.2, 0.25) is 0 Å². The van der Waals surface area contributed by atoms with Crippen molar-refractivity contribution in [1.29, 1.82) is 0 Å². The van der Waals surface area contributed by atoms with Crippen LogP contribution in [0.2, 0.25) is 0 Å². The Morgan fingerprint density at radius 3 is 2.53 bits per heavy atom. The molecule has 2 aliphatic rings. The summed E-state index contributed by atoms with van der Waals surface area (Å²) in [5.74, 6) is 0.434. The normalized spacial score (nSPS) is 22.1. The Balaban J connectivity index is 1.56. The summed E-state index contributed by atoms with van der Waals surface area (Å²) in [6.45, 7) is 2.87. The van der Waals surface area contributed by atoms with Crippen molar-refractivity contribution in [2.24, 2.45) is 5.92 Å². The van der Waals surface area contributed by atoms with Crippen molar-refractivity contribution in [3.63, 3.8) is 0 Å². The summed E-state index contributed by atoms with van der Waals surface area (Å²) < 4.78 is 16.7. The zero-order valence-corrected chi connectivity index (χ0v) is 12.1. The zero-order valence-electron chi connectivity index (χ0n) is 10.5. The topological polar surface area (TPSA) is 51.9 Å². The maximum atomic E-state index is 12.2. The molecule has 2 aliphatic heterocycles. The van der Waals surface area contributed by atoms with Gasteiger partial charge in [-0.3, -0.25) is 4.79 Å². The molecule has 0 unspecified atom stereocenters. The van der Waals surface area contributed by atoms with Gasteiger partial charge in [0.15, 0.2) is 11.0 Å². The van der Waals surface area contributed by atoms with Crippen molar-refractivity contribution in [2.45, 2.75) is 19.1 Å². The van der Waals surface area contributed by atoms with E-state index in [0.29, 0.717) is 29.4 Å². The molecular weight excluding hydrogens is 314 g/mol. The summed E-state index contributed by atoms with van der Waals surface area (Å²) >= 11 is 3.21. The minimum absolute atomic E-state index is 0.0289. The van der Waals surface area contributed by atoms with Crippen molar-refractivity contribution in [2.75, 3.05) is 26.3 Å². The van der Waals surface area contributed by atoms with Crippen molar-refractivity contribution in [3.05, 3.63) is 22.6 Å². The van der Waals surface area contributed by atoms with Crippen molar-refractivity contribution < 1.29 is 18.7 Å². The summed E-state index contributed by atoms with van der Waals surface area (Å²) in [4.78, 5) is 14.1. The SMILES string of the molecule is O=C(c1coc(Br)c1)N1CCC(C2OCCO2)CC1. The summed E-state index contributed by atoms with van der Waals surface area (Å²) in [6.07, 6.45) is 3.27. The largest absolute Gasteiger partial charge is 0.457 e. The molecule has 0 bridgehead atoms. The number of rotatable bonds is 2. The van der Waals surface area contributed by atoms with E-state index < -0.39 is 0 Å². The highest BCUT2D eigenvalue weighted by Crippen LogP contribution is 2.27. The lowest BCUT2D eigenvalue weighted by atomic mass is 9.96. The fraction of sp³-hybridized carbons (Fsp3) is 0.615. The fourth-order valence-corrected chi connectivity index (χ4v) is 2.97. The molecule has 3 heterocycles. The van der Waals surface area contributed by atoms with Gasteiger partial charge in [-0.25, -0.2) is 0 Å². The molecule has 19 heavy (non-hydrogen) atoms. The third-order valence-electron chi connectivity index (χ3n) is 3.67. The van der Waals surface area contributed by atoms with E-state index in [9.17, 15) is 4.79 Å². The Kier molecular flexibility index (Phi) is 3.91. The number of hydrogen-bond donors (Lipinski definition) is 0. The molecule has 3 rings (SSSR count). The van der Waals surface area contributed by atoms with Gasteiger partial charge in [0.25, 0.3) is 5.91 Å². The molecular formula is C13H16BrNO4. The number of amides is 1. The highest BCUT2D eigenvalue weighted by Gasteiger charge is 2.32. The molecule has 104 valence electrons. The standard InChI is InChI=1S/C13H16BrNO4/c14-11-7-10(8-19-11)12(16)15-3-1-9(2-4-15)13-17-5-6-18-13/h7-9,13H,1-6H2. The van der Waals surface area contributed by atoms with Gasteiger partial charge in [-0.1, -0.05) is 0 Å². The van der Waals surface area contributed by atoms with Gasteiger partial charge in [-0.05, 0) is 28.8 Å². The van der Waals surface area contributed by atoms with Crippen LogP contribution in [0.1, 0.15) is 23.2 Å². The summed E-state index contributed by atoms with van der Waals surface area (Å²) in [5.41, 5.74) is 0.596. The number of hydrogen-bond acceptors (Lipinski definition) is 4. The monoisotopic (exact) mass is 329 g/mol. The molecule has 2 fully saturated rings. The first-order valence-electron chi connectivity index (χ1n) is 6.50. The summed E-state index contributed by atoms with van der Waals surface area (Å²) in [5, 5.41) is 0. The van der Waals surface area contributed by atoms with E-state index in [2.05, 4.69) is 15.9 Å². The Morgan fingerprint density at radius 2 is 1.95 bits per heavy atom. The number of carbonyl (C=O) groups excluding carboxylic acids is 1. The highest BCUT2D eigenvalue weighted by atomic mass is 79.9. The van der Waals surface area contributed by atoms with E-state index in [1.807, 2.05) is 4.90 Å². The van der Waals surface area contributed by atoms with Crippen molar-refractivity contribution in [3.8, 4) is 0 Å². The number of halogens is 1. The first-order valence-corrected chi connectivity index (χ1v) is 7.30. The molecule has 0 saturated carbocycles. The average molecular weight is 330 g/mol. The van der Waals surface area contributed by atoms with E-state index in [-0.39, 0.29) is 12.2 Å². The van der Waals surface area contributed by atoms with Crippen LogP contribution in [0.5, 0.6) is 0 Å². The average Bonchev–Trinajstić information content (AvgIpc) is 3.09. The number of furan rings is 1. The Morgan fingerprint density at radius 1 is 1.26 bits per heavy atom. The van der Waals surface area contributed by atoms with E-state index >= 15 is 0 Å². The second-order valence-electron chi connectivity index (χ2n) is 4.88. The minimum Gasteiger partial charge on any atom is -0.457 e. The van der Waals surface area contributed by atoms with E-state index in [1.165, 1.54) is 6.26 Å². The molecule has 1 aromatic heterocycles. The summed E-state index contributed by atoms with van der Waals surface area (Å²) in [7, 11) is 0. The number of nitrogens with zero attached hydrogens (tertiary/aromatic N) is 1. The molecule has 2 saturated heterocycles. The van der Waals surface area contributed by atoms with Crippen LogP contribution in [0.4, 0.5) is 0 Å². The molecule has 1 aromatic rings. The van der Waals surface area contributed by atoms with Crippen LogP contribution in [0, 0.1) is 5.92 Å². The highest BCUT2D eigenvalue weighted by molar-refractivity contribution is 9.10. The van der Waals surface area contributed by atoms with Crippen LogP contribution in [0.3, 0.4) is 0 Å². The van der Waals surface area contributed by atoms with Gasteiger partial charge in [-0.15, -0.1) is 0 Å². The first kappa shape index (κ1) is 13.1. The van der Waals surface area contributed by atoms with Gasteiger partial charge >= 0.3 is 0 Å². The minimum atomic E-state index is -0.0691. The first-order chi connectivity index (χ1) is 9.24. The van der Waals surface area contributed by atoms with E-state index in [1.54, 1.807) is 6.07 Å². The lowest BCUT2D eigenvalue weighted by Gasteiger charge is -2.33. The predicted molar refractivity (Wildman–Crippen MR) is 70.7 cm³/mol.